The van der Waals surface area contributed by atoms with Crippen molar-refractivity contribution < 1.29 is 9.90 Å². The summed E-state index contributed by atoms with van der Waals surface area (Å²) in [4.78, 5) is 19.6. The number of carbonyl (C=O) groups excluding carboxylic acids is 1. The molecule has 1 saturated heterocycles. The highest BCUT2D eigenvalue weighted by molar-refractivity contribution is 5.88. The number of piperidine rings is 1. The van der Waals surface area contributed by atoms with Gasteiger partial charge in [-0.2, -0.15) is 0 Å². The minimum atomic E-state index is -0.814. The third-order valence-corrected chi connectivity index (χ3v) is 9.97. The van der Waals surface area contributed by atoms with Gasteiger partial charge < -0.3 is 5.11 Å². The summed E-state index contributed by atoms with van der Waals surface area (Å²) in [5.41, 5.74) is 5.26. The number of nitrogens with zero attached hydrogens (tertiary/aromatic N) is 2. The van der Waals surface area contributed by atoms with Crippen LogP contribution in [0.25, 0.3) is 0 Å². The summed E-state index contributed by atoms with van der Waals surface area (Å²) in [6, 6.07) is 3.64. The quantitative estimate of drug-likeness (QED) is 0.510. The molecule has 1 aromatic rings. The van der Waals surface area contributed by atoms with E-state index in [0.717, 1.165) is 17.2 Å². The molecule has 180 valence electrons. The van der Waals surface area contributed by atoms with Crippen molar-refractivity contribution in [2.24, 2.45) is 34.5 Å². The van der Waals surface area contributed by atoms with Crippen molar-refractivity contribution in [1.82, 2.24) is 9.88 Å². The van der Waals surface area contributed by atoms with E-state index in [1.54, 1.807) is 4.90 Å². The normalized spacial score (nSPS) is 40.2. The molecule has 3 aliphatic carbocycles. The number of urea groups is 1. The summed E-state index contributed by atoms with van der Waals surface area (Å²) in [6.07, 6.45) is 7.00. The Bertz CT molecular complexity index is 983. The molecule has 5 heteroatoms. The van der Waals surface area contributed by atoms with Crippen LogP contribution in [0.15, 0.2) is 23.3 Å². The first-order chi connectivity index (χ1) is 15.5. The molecule has 2 N–H and O–H groups in total. The van der Waals surface area contributed by atoms with E-state index in [1.807, 2.05) is 26.0 Å². The van der Waals surface area contributed by atoms with Crippen LogP contribution in [-0.2, 0) is 0 Å². The number of pyridine rings is 1. The molecule has 7 atom stereocenters. The molecule has 5 rings (SSSR count). The average molecular weight is 452 g/mol. The van der Waals surface area contributed by atoms with E-state index < -0.39 is 6.23 Å². The van der Waals surface area contributed by atoms with Gasteiger partial charge in [-0.1, -0.05) is 38.3 Å². The van der Waals surface area contributed by atoms with Crippen molar-refractivity contribution in [3.05, 3.63) is 34.5 Å². The van der Waals surface area contributed by atoms with Gasteiger partial charge in [-0.3, -0.25) is 10.2 Å². The first-order valence-corrected chi connectivity index (χ1v) is 12.9. The molecule has 2 amide bonds. The Morgan fingerprint density at radius 2 is 1.91 bits per heavy atom. The second-order valence-corrected chi connectivity index (χ2v) is 12.2. The maximum absolute atomic E-state index is 13.4. The lowest BCUT2D eigenvalue weighted by Gasteiger charge is -2.61. The minimum absolute atomic E-state index is 0.0560. The average Bonchev–Trinajstić information content (AvgIpc) is 3.12. The fourth-order valence-electron chi connectivity index (χ4n) is 8.76. The van der Waals surface area contributed by atoms with E-state index in [9.17, 15) is 9.90 Å². The topological polar surface area (TPSA) is 65.5 Å². The predicted octanol–water partition coefficient (Wildman–Crippen LogP) is 6.06. The van der Waals surface area contributed by atoms with Crippen LogP contribution in [0.1, 0.15) is 77.5 Å². The fourth-order valence-corrected chi connectivity index (χ4v) is 8.76. The monoisotopic (exact) mass is 451 g/mol. The molecule has 2 heterocycles. The highest BCUT2D eigenvalue weighted by Gasteiger charge is 2.59. The maximum atomic E-state index is 13.4. The zero-order chi connectivity index (χ0) is 23.7. The number of carbonyl (C=O) groups is 1. The zero-order valence-corrected chi connectivity index (χ0v) is 21.2. The van der Waals surface area contributed by atoms with Crippen LogP contribution in [0.5, 0.6) is 0 Å². The first kappa shape index (κ1) is 22.9. The molecular weight excluding hydrogens is 410 g/mol. The van der Waals surface area contributed by atoms with Gasteiger partial charge in [-0.25, -0.2) is 9.78 Å². The molecule has 0 spiro atoms. The molecule has 0 bridgehead atoms. The van der Waals surface area contributed by atoms with Gasteiger partial charge in [-0.15, -0.1) is 0 Å². The number of fused-ring (bicyclic) bond motifs is 5. The predicted molar refractivity (Wildman–Crippen MR) is 132 cm³/mol. The first-order valence-electron chi connectivity index (χ1n) is 12.9. The number of nitrogens with one attached hydrogen (secondary N) is 1. The lowest BCUT2D eigenvalue weighted by Crippen LogP contribution is -2.62. The van der Waals surface area contributed by atoms with Crippen molar-refractivity contribution >= 4 is 11.8 Å². The van der Waals surface area contributed by atoms with Crippen LogP contribution in [0, 0.1) is 48.3 Å². The SMILES string of the molecule is CC1=C2C(C)C(O)N(C(=O)Nc3cc(C)cc(C)n3)C[C@]2(C)[C@@H]2CC[C@]3(C)CCC[C@H]3[C@@H]2C1. The van der Waals surface area contributed by atoms with Crippen molar-refractivity contribution in [2.75, 3.05) is 11.9 Å². The molecule has 5 nitrogen and oxygen atoms in total. The summed E-state index contributed by atoms with van der Waals surface area (Å²) in [7, 11) is 0. The number of aliphatic hydroxyl groups is 1. The second kappa shape index (κ2) is 7.83. The van der Waals surface area contributed by atoms with E-state index in [1.165, 1.54) is 49.7 Å². The number of amides is 2. The van der Waals surface area contributed by atoms with Gasteiger partial charge in [0.05, 0.1) is 0 Å². The van der Waals surface area contributed by atoms with Crippen molar-refractivity contribution in [3.8, 4) is 0 Å². The smallest absolute Gasteiger partial charge is 0.325 e. The van der Waals surface area contributed by atoms with Gasteiger partial charge in [0.2, 0.25) is 0 Å². The number of hydrogen-bond acceptors (Lipinski definition) is 3. The summed E-state index contributed by atoms with van der Waals surface area (Å²) < 4.78 is 0. The van der Waals surface area contributed by atoms with E-state index >= 15 is 0 Å². The van der Waals surface area contributed by atoms with Crippen LogP contribution in [0.4, 0.5) is 10.6 Å². The maximum Gasteiger partial charge on any atom is 0.325 e. The number of allylic oxidation sites excluding steroid dienone is 1. The zero-order valence-electron chi connectivity index (χ0n) is 21.2. The summed E-state index contributed by atoms with van der Waals surface area (Å²) >= 11 is 0. The third-order valence-electron chi connectivity index (χ3n) is 9.97. The van der Waals surface area contributed by atoms with Crippen LogP contribution in [0.3, 0.4) is 0 Å². The van der Waals surface area contributed by atoms with Gasteiger partial charge in [0, 0.05) is 23.6 Å². The minimum Gasteiger partial charge on any atom is -0.373 e. The number of anilines is 1. The number of aryl methyl sites for hydroxylation is 2. The molecule has 0 radical (unpaired) electrons. The van der Waals surface area contributed by atoms with E-state index in [0.29, 0.717) is 29.6 Å². The molecular formula is C28H41N3O2. The molecule has 2 saturated carbocycles. The highest BCUT2D eigenvalue weighted by Crippen LogP contribution is 2.65. The Morgan fingerprint density at radius 1 is 1.15 bits per heavy atom. The largest absolute Gasteiger partial charge is 0.373 e. The van der Waals surface area contributed by atoms with Crippen LogP contribution >= 0.6 is 0 Å². The Balaban J connectivity index is 1.47. The van der Waals surface area contributed by atoms with Gasteiger partial charge in [0.25, 0.3) is 0 Å². The molecule has 3 fully saturated rings. The molecule has 1 aliphatic heterocycles. The van der Waals surface area contributed by atoms with Crippen LogP contribution in [-0.4, -0.2) is 33.8 Å². The molecule has 1 aromatic heterocycles. The van der Waals surface area contributed by atoms with Gasteiger partial charge in [0.1, 0.15) is 12.0 Å². The molecule has 2 unspecified atom stereocenters. The van der Waals surface area contributed by atoms with Crippen molar-refractivity contribution in [2.45, 2.75) is 86.3 Å². The Morgan fingerprint density at radius 3 is 2.64 bits per heavy atom. The standard InChI is InChI=1S/C28H41N3O2/c1-16-12-18(3)29-23(13-16)30-26(33)31-15-28(6)22-9-11-27(5)10-7-8-21(27)20(22)14-17(2)24(28)19(4)25(31)32/h12-13,19-22,25,32H,7-11,14-15H2,1-6H3,(H,29,30,33)/t19?,20-,21-,22+,25?,27-,28+/m0/s1. The summed E-state index contributed by atoms with van der Waals surface area (Å²) in [5.74, 6) is 2.58. The lowest BCUT2D eigenvalue weighted by molar-refractivity contribution is -0.0920. The molecule has 0 aromatic carbocycles. The number of likely N-dealkylation sites (tertiary alicyclic amines) is 1. The van der Waals surface area contributed by atoms with Gasteiger partial charge >= 0.3 is 6.03 Å². The number of aromatic nitrogens is 1. The lowest BCUT2D eigenvalue weighted by atomic mass is 9.47. The van der Waals surface area contributed by atoms with Crippen molar-refractivity contribution in [1.29, 1.82) is 0 Å². The highest BCUT2D eigenvalue weighted by atomic mass is 16.3. The number of hydrogen-bond donors (Lipinski definition) is 2. The van der Waals surface area contributed by atoms with E-state index in [-0.39, 0.29) is 17.4 Å². The third kappa shape index (κ3) is 3.53. The number of rotatable bonds is 1. The molecule has 33 heavy (non-hydrogen) atoms. The summed E-state index contributed by atoms with van der Waals surface area (Å²) in [6.45, 7) is 13.8. The van der Waals surface area contributed by atoms with Gasteiger partial charge in [-0.05, 0) is 93.7 Å². The van der Waals surface area contributed by atoms with E-state index in [4.69, 9.17) is 0 Å². The number of aliphatic hydroxyl groups excluding tert-OH is 1. The Kier molecular flexibility index (Phi) is 5.43. The van der Waals surface area contributed by atoms with E-state index in [2.05, 4.69) is 38.0 Å². The van der Waals surface area contributed by atoms with Crippen LogP contribution < -0.4 is 5.32 Å². The fraction of sp³-hybridized carbons (Fsp3) is 0.714. The van der Waals surface area contributed by atoms with Crippen LogP contribution in [0.2, 0.25) is 0 Å². The van der Waals surface area contributed by atoms with Gasteiger partial charge in [0.15, 0.2) is 0 Å². The Hall–Kier alpha value is -1.88. The Labute approximate surface area is 199 Å². The molecule has 4 aliphatic rings. The second-order valence-electron chi connectivity index (χ2n) is 12.2. The summed E-state index contributed by atoms with van der Waals surface area (Å²) in [5, 5.41) is 14.2. The van der Waals surface area contributed by atoms with Crippen molar-refractivity contribution in [3.63, 3.8) is 0 Å².